The summed E-state index contributed by atoms with van der Waals surface area (Å²) in [6.07, 6.45) is 3.33. The van der Waals surface area contributed by atoms with Crippen molar-refractivity contribution in [3.8, 4) is 0 Å². The third kappa shape index (κ3) is 2.53. The number of nitrogens with two attached hydrogens (primary N) is 1. The summed E-state index contributed by atoms with van der Waals surface area (Å²) in [4.78, 5) is 11.9. The maximum atomic E-state index is 11.9. The molecule has 1 amide bonds. The van der Waals surface area contributed by atoms with Gasteiger partial charge < -0.3 is 20.9 Å². The molecule has 5 nitrogen and oxygen atoms in total. The molecule has 2 fully saturated rings. The number of amides is 1. The fourth-order valence-corrected chi connectivity index (χ4v) is 2.41. The Morgan fingerprint density at radius 3 is 2.69 bits per heavy atom. The molecule has 4 atom stereocenters. The number of rotatable bonds is 2. The average molecular weight is 228 g/mol. The maximum absolute atomic E-state index is 11.9. The van der Waals surface area contributed by atoms with E-state index in [1.807, 2.05) is 0 Å². The van der Waals surface area contributed by atoms with Crippen molar-refractivity contribution in [3.05, 3.63) is 0 Å². The number of aliphatic hydroxyl groups excluding tert-OH is 1. The second-order valence-electron chi connectivity index (χ2n) is 4.77. The van der Waals surface area contributed by atoms with Gasteiger partial charge in [-0.15, -0.1) is 0 Å². The molecular formula is C11H20N2O3. The first-order valence-electron chi connectivity index (χ1n) is 6.00. The van der Waals surface area contributed by atoms with Gasteiger partial charge in [0.2, 0.25) is 5.91 Å². The number of ether oxygens (including phenoxy) is 1. The van der Waals surface area contributed by atoms with Crippen LogP contribution in [0.5, 0.6) is 0 Å². The van der Waals surface area contributed by atoms with Crippen LogP contribution in [-0.2, 0) is 9.53 Å². The van der Waals surface area contributed by atoms with E-state index in [2.05, 4.69) is 5.32 Å². The average Bonchev–Trinajstić information content (AvgIpc) is 2.68. The van der Waals surface area contributed by atoms with Crippen molar-refractivity contribution < 1.29 is 14.6 Å². The van der Waals surface area contributed by atoms with Gasteiger partial charge in [-0.2, -0.15) is 0 Å². The van der Waals surface area contributed by atoms with Gasteiger partial charge in [0.15, 0.2) is 0 Å². The lowest BCUT2D eigenvalue weighted by Gasteiger charge is -2.29. The predicted octanol–water partition coefficient (Wildman–Crippen LogP) is -0.620. The summed E-state index contributed by atoms with van der Waals surface area (Å²) in [6.45, 7) is 0.848. The topological polar surface area (TPSA) is 84.6 Å². The highest BCUT2D eigenvalue weighted by atomic mass is 16.5. The van der Waals surface area contributed by atoms with Crippen molar-refractivity contribution in [3.63, 3.8) is 0 Å². The largest absolute Gasteiger partial charge is 0.391 e. The minimum Gasteiger partial charge on any atom is -0.391 e. The molecule has 0 aromatic heterocycles. The zero-order valence-electron chi connectivity index (χ0n) is 9.39. The molecule has 1 saturated carbocycles. The van der Waals surface area contributed by atoms with E-state index >= 15 is 0 Å². The van der Waals surface area contributed by atoms with Gasteiger partial charge in [0.25, 0.3) is 0 Å². The first kappa shape index (κ1) is 11.8. The molecule has 1 saturated heterocycles. The molecule has 0 aromatic rings. The summed E-state index contributed by atoms with van der Waals surface area (Å²) in [7, 11) is 0. The highest BCUT2D eigenvalue weighted by molar-refractivity contribution is 5.80. The maximum Gasteiger partial charge on any atom is 0.227 e. The number of nitrogens with one attached hydrogen (secondary N) is 1. The van der Waals surface area contributed by atoms with Gasteiger partial charge in [-0.05, 0) is 12.8 Å². The van der Waals surface area contributed by atoms with Crippen molar-refractivity contribution in [2.45, 2.75) is 43.9 Å². The molecule has 0 radical (unpaired) electrons. The first-order valence-corrected chi connectivity index (χ1v) is 6.00. The van der Waals surface area contributed by atoms with Crippen molar-refractivity contribution in [1.82, 2.24) is 5.32 Å². The summed E-state index contributed by atoms with van der Waals surface area (Å²) in [5.41, 5.74) is 5.77. The van der Waals surface area contributed by atoms with Crippen LogP contribution in [0.1, 0.15) is 25.7 Å². The monoisotopic (exact) mass is 228 g/mol. The van der Waals surface area contributed by atoms with Crippen molar-refractivity contribution in [2.75, 3.05) is 13.2 Å². The SMILES string of the molecule is NC1COCC1C(=O)N[C@H]1CCCC[C@@H]1O. The zero-order chi connectivity index (χ0) is 11.5. The van der Waals surface area contributed by atoms with E-state index in [0.29, 0.717) is 13.2 Å². The highest BCUT2D eigenvalue weighted by Crippen LogP contribution is 2.19. The van der Waals surface area contributed by atoms with Gasteiger partial charge in [-0.1, -0.05) is 12.8 Å². The number of hydrogen-bond acceptors (Lipinski definition) is 4. The molecule has 1 heterocycles. The van der Waals surface area contributed by atoms with Gasteiger partial charge in [0, 0.05) is 6.04 Å². The third-order valence-electron chi connectivity index (χ3n) is 3.52. The van der Waals surface area contributed by atoms with Crippen LogP contribution in [0.2, 0.25) is 0 Å². The third-order valence-corrected chi connectivity index (χ3v) is 3.52. The van der Waals surface area contributed by atoms with Crippen LogP contribution in [0, 0.1) is 5.92 Å². The molecule has 1 aliphatic heterocycles. The molecule has 16 heavy (non-hydrogen) atoms. The van der Waals surface area contributed by atoms with Gasteiger partial charge >= 0.3 is 0 Å². The molecule has 2 unspecified atom stereocenters. The summed E-state index contributed by atoms with van der Waals surface area (Å²) in [5.74, 6) is -0.329. The molecule has 0 aromatic carbocycles. The Hall–Kier alpha value is -0.650. The zero-order valence-corrected chi connectivity index (χ0v) is 9.39. The summed E-state index contributed by atoms with van der Waals surface area (Å²) in [5, 5.41) is 12.6. The quantitative estimate of drug-likeness (QED) is 0.588. The first-order chi connectivity index (χ1) is 7.68. The Morgan fingerprint density at radius 2 is 2.06 bits per heavy atom. The second-order valence-corrected chi connectivity index (χ2v) is 4.77. The lowest BCUT2D eigenvalue weighted by atomic mass is 9.92. The van der Waals surface area contributed by atoms with E-state index < -0.39 is 6.10 Å². The standard InChI is InChI=1S/C11H20N2O3/c12-8-6-16-5-7(8)11(15)13-9-3-1-2-4-10(9)14/h7-10,14H,1-6,12H2,(H,13,15)/t7?,8?,9-,10-/m0/s1. The van der Waals surface area contributed by atoms with Crippen LogP contribution in [0.4, 0.5) is 0 Å². The Kier molecular flexibility index (Phi) is 3.78. The fourth-order valence-electron chi connectivity index (χ4n) is 2.41. The molecular weight excluding hydrogens is 208 g/mol. The van der Waals surface area contributed by atoms with Crippen LogP contribution in [-0.4, -0.2) is 42.4 Å². The lowest BCUT2D eigenvalue weighted by molar-refractivity contribution is -0.127. The molecule has 5 heteroatoms. The van der Waals surface area contributed by atoms with Gasteiger partial charge in [-0.25, -0.2) is 0 Å². The van der Waals surface area contributed by atoms with E-state index in [1.165, 1.54) is 0 Å². The summed E-state index contributed by atoms with van der Waals surface area (Å²) in [6, 6.07) is -0.310. The smallest absolute Gasteiger partial charge is 0.227 e. The van der Waals surface area contributed by atoms with Gasteiger partial charge in [0.1, 0.15) is 0 Å². The van der Waals surface area contributed by atoms with E-state index in [0.717, 1.165) is 25.7 Å². The summed E-state index contributed by atoms with van der Waals surface area (Å²) < 4.78 is 5.16. The Bertz CT molecular complexity index is 260. The molecule has 2 rings (SSSR count). The molecule has 0 spiro atoms. The minimum absolute atomic E-state index is 0.0732. The molecule has 4 N–H and O–H groups in total. The van der Waals surface area contributed by atoms with E-state index in [9.17, 15) is 9.90 Å². The fraction of sp³-hybridized carbons (Fsp3) is 0.909. The Labute approximate surface area is 95.3 Å². The molecule has 1 aliphatic carbocycles. The van der Waals surface area contributed by atoms with E-state index in [4.69, 9.17) is 10.5 Å². The Morgan fingerprint density at radius 1 is 1.31 bits per heavy atom. The van der Waals surface area contributed by atoms with Crippen LogP contribution in [0.3, 0.4) is 0 Å². The lowest BCUT2D eigenvalue weighted by Crippen LogP contribution is -2.50. The molecule has 2 aliphatic rings. The summed E-state index contributed by atoms with van der Waals surface area (Å²) >= 11 is 0. The number of hydrogen-bond donors (Lipinski definition) is 3. The number of carbonyl (C=O) groups excluding carboxylic acids is 1. The normalized spacial score (nSPS) is 39.6. The van der Waals surface area contributed by atoms with Crippen LogP contribution in [0.25, 0.3) is 0 Å². The van der Waals surface area contributed by atoms with E-state index in [1.54, 1.807) is 0 Å². The minimum atomic E-state index is -0.406. The van der Waals surface area contributed by atoms with Crippen LogP contribution < -0.4 is 11.1 Å². The van der Waals surface area contributed by atoms with Crippen molar-refractivity contribution in [2.24, 2.45) is 11.7 Å². The van der Waals surface area contributed by atoms with Gasteiger partial charge in [0.05, 0.1) is 31.3 Å². The second kappa shape index (κ2) is 5.12. The molecule has 0 bridgehead atoms. The van der Waals surface area contributed by atoms with Crippen molar-refractivity contribution in [1.29, 1.82) is 0 Å². The predicted molar refractivity (Wildman–Crippen MR) is 58.7 cm³/mol. The molecule has 92 valence electrons. The number of carbonyl (C=O) groups is 1. The highest BCUT2D eigenvalue weighted by Gasteiger charge is 2.34. The van der Waals surface area contributed by atoms with Gasteiger partial charge in [-0.3, -0.25) is 4.79 Å². The van der Waals surface area contributed by atoms with Crippen LogP contribution in [0.15, 0.2) is 0 Å². The van der Waals surface area contributed by atoms with Crippen LogP contribution >= 0.6 is 0 Å². The Balaban J connectivity index is 1.86. The number of aliphatic hydroxyl groups is 1. The van der Waals surface area contributed by atoms with Crippen molar-refractivity contribution >= 4 is 5.91 Å². The van der Waals surface area contributed by atoms with E-state index in [-0.39, 0.29) is 23.9 Å².